The van der Waals surface area contributed by atoms with Gasteiger partial charge in [-0.1, -0.05) is 55.0 Å². The van der Waals surface area contributed by atoms with Crippen LogP contribution in [0.5, 0.6) is 5.75 Å². The first-order chi connectivity index (χ1) is 11.8. The van der Waals surface area contributed by atoms with E-state index in [9.17, 15) is 4.79 Å². The van der Waals surface area contributed by atoms with Gasteiger partial charge in [-0.25, -0.2) is 0 Å². The van der Waals surface area contributed by atoms with E-state index in [1.54, 1.807) is 0 Å². The van der Waals surface area contributed by atoms with Gasteiger partial charge in [-0.05, 0) is 36.9 Å². The molecular formula is C20H24N2O2. The van der Waals surface area contributed by atoms with Crippen molar-refractivity contribution in [2.24, 2.45) is 11.7 Å². The van der Waals surface area contributed by atoms with Gasteiger partial charge in [0.25, 0.3) is 5.91 Å². The Morgan fingerprint density at radius 2 is 1.83 bits per heavy atom. The molecule has 1 aliphatic carbocycles. The van der Waals surface area contributed by atoms with E-state index in [0.29, 0.717) is 12.5 Å². The van der Waals surface area contributed by atoms with E-state index < -0.39 is 0 Å². The van der Waals surface area contributed by atoms with Crippen LogP contribution in [-0.2, 0) is 4.79 Å². The summed E-state index contributed by atoms with van der Waals surface area (Å²) in [5, 5.41) is 3.07. The largest absolute Gasteiger partial charge is 0.483 e. The molecular weight excluding hydrogens is 300 g/mol. The molecule has 3 rings (SSSR count). The summed E-state index contributed by atoms with van der Waals surface area (Å²) in [6.07, 6.45) is 3.23. The Labute approximate surface area is 143 Å². The molecule has 4 nitrogen and oxygen atoms in total. The summed E-state index contributed by atoms with van der Waals surface area (Å²) in [6, 6.07) is 18.0. The second-order valence-electron chi connectivity index (χ2n) is 6.25. The van der Waals surface area contributed by atoms with Gasteiger partial charge >= 0.3 is 0 Å². The van der Waals surface area contributed by atoms with Crippen molar-refractivity contribution in [2.45, 2.75) is 25.3 Å². The van der Waals surface area contributed by atoms with E-state index in [2.05, 4.69) is 5.32 Å². The van der Waals surface area contributed by atoms with Crippen LogP contribution in [-0.4, -0.2) is 25.1 Å². The summed E-state index contributed by atoms with van der Waals surface area (Å²) in [5.74, 6) is 1.04. The highest BCUT2D eigenvalue weighted by Gasteiger charge is 2.27. The van der Waals surface area contributed by atoms with E-state index in [-0.39, 0.29) is 18.6 Å². The van der Waals surface area contributed by atoms with Crippen molar-refractivity contribution in [1.82, 2.24) is 5.32 Å². The summed E-state index contributed by atoms with van der Waals surface area (Å²) in [7, 11) is 0. The third-order valence-corrected chi connectivity index (χ3v) is 4.64. The summed E-state index contributed by atoms with van der Waals surface area (Å²) >= 11 is 0. The van der Waals surface area contributed by atoms with E-state index in [1.807, 2.05) is 54.6 Å². The molecule has 0 aliphatic heterocycles. The highest BCUT2D eigenvalue weighted by Crippen LogP contribution is 2.29. The highest BCUT2D eigenvalue weighted by molar-refractivity contribution is 5.78. The number of nitrogens with two attached hydrogens (primary N) is 1. The molecule has 0 radical (unpaired) electrons. The SMILES string of the molecule is NCC1CCCC1NC(=O)COc1ccccc1-c1ccccc1. The predicted octanol–water partition coefficient (Wildman–Crippen LogP) is 2.98. The first kappa shape index (κ1) is 16.5. The van der Waals surface area contributed by atoms with Crippen molar-refractivity contribution >= 4 is 5.91 Å². The minimum Gasteiger partial charge on any atom is -0.483 e. The molecule has 2 unspecified atom stereocenters. The minimum absolute atomic E-state index is 0.0254. The average molecular weight is 324 g/mol. The number of amides is 1. The quantitative estimate of drug-likeness (QED) is 0.858. The van der Waals surface area contributed by atoms with Crippen molar-refractivity contribution in [2.75, 3.05) is 13.2 Å². The summed E-state index contributed by atoms with van der Waals surface area (Å²) in [6.45, 7) is 0.653. The second-order valence-corrected chi connectivity index (χ2v) is 6.25. The molecule has 3 N–H and O–H groups in total. The van der Waals surface area contributed by atoms with E-state index in [0.717, 1.165) is 36.1 Å². The highest BCUT2D eigenvalue weighted by atomic mass is 16.5. The molecule has 0 spiro atoms. The molecule has 0 saturated heterocycles. The molecule has 0 aromatic heterocycles. The van der Waals surface area contributed by atoms with Gasteiger partial charge in [0.2, 0.25) is 0 Å². The van der Waals surface area contributed by atoms with Crippen molar-refractivity contribution in [3.05, 3.63) is 54.6 Å². The van der Waals surface area contributed by atoms with Gasteiger partial charge in [0.1, 0.15) is 5.75 Å². The van der Waals surface area contributed by atoms with Crippen LogP contribution in [0.1, 0.15) is 19.3 Å². The van der Waals surface area contributed by atoms with Crippen LogP contribution in [0.15, 0.2) is 54.6 Å². The predicted molar refractivity (Wildman–Crippen MR) is 95.7 cm³/mol. The molecule has 1 fully saturated rings. The molecule has 2 aromatic carbocycles. The van der Waals surface area contributed by atoms with Crippen molar-refractivity contribution < 1.29 is 9.53 Å². The molecule has 1 saturated carbocycles. The molecule has 0 heterocycles. The molecule has 0 bridgehead atoms. The maximum Gasteiger partial charge on any atom is 0.258 e. The Hall–Kier alpha value is -2.33. The molecule has 24 heavy (non-hydrogen) atoms. The number of benzene rings is 2. The second kappa shape index (κ2) is 7.97. The van der Waals surface area contributed by atoms with E-state index >= 15 is 0 Å². The number of carbonyl (C=O) groups excluding carboxylic acids is 1. The third-order valence-electron chi connectivity index (χ3n) is 4.64. The summed E-state index contributed by atoms with van der Waals surface area (Å²) < 4.78 is 5.79. The number of nitrogens with one attached hydrogen (secondary N) is 1. The Bertz CT molecular complexity index is 672. The van der Waals surface area contributed by atoms with Crippen LogP contribution in [0.25, 0.3) is 11.1 Å². The number of para-hydroxylation sites is 1. The lowest BCUT2D eigenvalue weighted by Crippen LogP contribution is -2.42. The summed E-state index contributed by atoms with van der Waals surface area (Å²) in [5.41, 5.74) is 7.84. The molecule has 1 amide bonds. The molecule has 126 valence electrons. The fourth-order valence-corrected chi connectivity index (χ4v) is 3.35. The van der Waals surface area contributed by atoms with Crippen molar-refractivity contribution in [1.29, 1.82) is 0 Å². The lowest BCUT2D eigenvalue weighted by Gasteiger charge is -2.19. The molecule has 2 aromatic rings. The van der Waals surface area contributed by atoms with Gasteiger partial charge in [-0.2, -0.15) is 0 Å². The fraction of sp³-hybridized carbons (Fsp3) is 0.350. The van der Waals surface area contributed by atoms with Crippen LogP contribution in [0.4, 0.5) is 0 Å². The maximum absolute atomic E-state index is 12.2. The Morgan fingerprint density at radius 1 is 1.08 bits per heavy atom. The Kier molecular flexibility index (Phi) is 5.49. The average Bonchev–Trinajstić information content (AvgIpc) is 3.08. The molecule has 4 heteroatoms. The number of hydrogen-bond donors (Lipinski definition) is 2. The van der Waals surface area contributed by atoms with Crippen LogP contribution in [0.2, 0.25) is 0 Å². The first-order valence-corrected chi connectivity index (χ1v) is 8.54. The number of ether oxygens (including phenoxy) is 1. The van der Waals surface area contributed by atoms with Crippen molar-refractivity contribution in [3.63, 3.8) is 0 Å². The van der Waals surface area contributed by atoms with Crippen LogP contribution >= 0.6 is 0 Å². The Morgan fingerprint density at radius 3 is 2.62 bits per heavy atom. The molecule has 1 aliphatic rings. The van der Waals surface area contributed by atoms with Gasteiger partial charge < -0.3 is 15.8 Å². The number of rotatable bonds is 6. The Balaban J connectivity index is 1.62. The third kappa shape index (κ3) is 3.95. The lowest BCUT2D eigenvalue weighted by atomic mass is 10.0. The zero-order chi connectivity index (χ0) is 16.8. The van der Waals surface area contributed by atoms with E-state index in [4.69, 9.17) is 10.5 Å². The lowest BCUT2D eigenvalue weighted by molar-refractivity contribution is -0.124. The smallest absolute Gasteiger partial charge is 0.258 e. The maximum atomic E-state index is 12.2. The van der Waals surface area contributed by atoms with E-state index in [1.165, 1.54) is 0 Å². The minimum atomic E-state index is -0.0804. The van der Waals surface area contributed by atoms with Crippen LogP contribution in [0, 0.1) is 5.92 Å². The molecule has 2 atom stereocenters. The summed E-state index contributed by atoms with van der Waals surface area (Å²) in [4.78, 5) is 12.2. The zero-order valence-electron chi connectivity index (χ0n) is 13.8. The fourth-order valence-electron chi connectivity index (χ4n) is 3.35. The van der Waals surface area contributed by atoms with Gasteiger partial charge in [-0.15, -0.1) is 0 Å². The first-order valence-electron chi connectivity index (χ1n) is 8.54. The normalized spacial score (nSPS) is 19.9. The standard InChI is InChI=1S/C20H24N2O2/c21-13-16-9-6-11-18(16)22-20(23)14-24-19-12-5-4-10-17(19)15-7-2-1-3-8-15/h1-5,7-8,10,12,16,18H,6,9,11,13-14,21H2,(H,22,23). The van der Waals surface area contributed by atoms with Gasteiger partial charge in [-0.3, -0.25) is 4.79 Å². The van der Waals surface area contributed by atoms with Gasteiger partial charge in [0.05, 0.1) is 0 Å². The number of carbonyl (C=O) groups is 1. The van der Waals surface area contributed by atoms with Crippen LogP contribution < -0.4 is 15.8 Å². The zero-order valence-corrected chi connectivity index (χ0v) is 13.8. The van der Waals surface area contributed by atoms with Gasteiger partial charge in [0, 0.05) is 11.6 Å². The monoisotopic (exact) mass is 324 g/mol. The topological polar surface area (TPSA) is 64.3 Å². The number of hydrogen-bond acceptors (Lipinski definition) is 3. The van der Waals surface area contributed by atoms with Crippen molar-refractivity contribution in [3.8, 4) is 16.9 Å². The van der Waals surface area contributed by atoms with Crippen LogP contribution in [0.3, 0.4) is 0 Å². The van der Waals surface area contributed by atoms with Gasteiger partial charge in [0.15, 0.2) is 6.61 Å².